The van der Waals surface area contributed by atoms with Gasteiger partial charge in [-0.2, -0.15) is 5.26 Å². The first-order valence-corrected chi connectivity index (χ1v) is 8.33. The molecule has 2 atom stereocenters. The van der Waals surface area contributed by atoms with Crippen molar-refractivity contribution in [2.24, 2.45) is 0 Å². The van der Waals surface area contributed by atoms with Gasteiger partial charge in [0.25, 0.3) is 5.91 Å². The molecule has 124 valence electrons. The number of carbonyl (C=O) groups excluding carboxylic acids is 2. The lowest BCUT2D eigenvalue weighted by atomic mass is 10.1. The maximum Gasteiger partial charge on any atom is 0.252 e. The largest absolute Gasteiger partial charge is 0.343 e. The SMILES string of the molecule is N#CC1CC(F)CN1C(=O)CNC(=O)c1ccnc2c[c]([Al])ccc12. The van der Waals surface area contributed by atoms with Gasteiger partial charge in [0.1, 0.15) is 12.2 Å². The molecule has 2 heterocycles. The van der Waals surface area contributed by atoms with Crippen molar-refractivity contribution in [3.8, 4) is 6.07 Å². The van der Waals surface area contributed by atoms with Crippen LogP contribution in [0.3, 0.4) is 0 Å². The smallest absolute Gasteiger partial charge is 0.252 e. The molecule has 1 aliphatic rings. The highest BCUT2D eigenvalue weighted by atomic mass is 27.0. The summed E-state index contributed by atoms with van der Waals surface area (Å²) in [4.78, 5) is 30.0. The molecule has 1 saturated heterocycles. The zero-order valence-corrected chi connectivity index (χ0v) is 14.4. The van der Waals surface area contributed by atoms with Crippen LogP contribution in [0, 0.1) is 11.3 Å². The zero-order valence-electron chi connectivity index (χ0n) is 13.3. The number of pyridine rings is 1. The van der Waals surface area contributed by atoms with Gasteiger partial charge >= 0.3 is 0 Å². The second-order valence-electron chi connectivity index (χ2n) is 5.84. The molecule has 0 spiro atoms. The van der Waals surface area contributed by atoms with E-state index in [0.717, 1.165) is 4.43 Å². The van der Waals surface area contributed by atoms with Crippen LogP contribution in [0.4, 0.5) is 4.39 Å². The number of halogens is 1. The van der Waals surface area contributed by atoms with Gasteiger partial charge in [0.05, 0.1) is 30.2 Å². The third kappa shape index (κ3) is 3.63. The molecule has 2 unspecified atom stereocenters. The Hall–Kier alpha value is -2.48. The highest BCUT2D eigenvalue weighted by Crippen LogP contribution is 2.20. The van der Waals surface area contributed by atoms with Crippen LogP contribution in [0.1, 0.15) is 16.8 Å². The van der Waals surface area contributed by atoms with Crippen molar-refractivity contribution in [1.82, 2.24) is 15.2 Å². The number of alkyl halides is 1. The summed E-state index contributed by atoms with van der Waals surface area (Å²) in [6.45, 7) is -0.392. The summed E-state index contributed by atoms with van der Waals surface area (Å²) >= 11 is 2.57. The molecule has 1 aromatic carbocycles. The van der Waals surface area contributed by atoms with Gasteiger partial charge in [0.2, 0.25) is 5.91 Å². The first kappa shape index (κ1) is 17.3. The zero-order chi connectivity index (χ0) is 18.0. The number of nitrogens with one attached hydrogen (secondary N) is 1. The van der Waals surface area contributed by atoms with Crippen LogP contribution in [0.5, 0.6) is 0 Å². The standard InChI is InChI=1S/C17H14FN4O2.Al/c18-11-7-12(8-19)22(10-11)16(23)9-21-17(24)14-5-6-20-15-4-2-1-3-13(14)15;/h1,3-6,11-12H,7,9-10H2,(H,21,24);. The molecule has 25 heavy (non-hydrogen) atoms. The molecule has 8 heteroatoms. The summed E-state index contributed by atoms with van der Waals surface area (Å²) < 4.78 is 14.4. The quantitative estimate of drug-likeness (QED) is 0.801. The molecule has 1 N–H and O–H groups in total. The fourth-order valence-electron chi connectivity index (χ4n) is 2.90. The summed E-state index contributed by atoms with van der Waals surface area (Å²) in [6.07, 6.45) is 0.348. The minimum atomic E-state index is -1.20. The van der Waals surface area contributed by atoms with E-state index in [-0.39, 0.29) is 19.5 Å². The highest BCUT2D eigenvalue weighted by Gasteiger charge is 2.35. The van der Waals surface area contributed by atoms with Crippen molar-refractivity contribution in [1.29, 1.82) is 5.26 Å². The summed E-state index contributed by atoms with van der Waals surface area (Å²) in [5, 5.41) is 12.2. The van der Waals surface area contributed by atoms with E-state index in [1.807, 2.05) is 18.2 Å². The average molecular weight is 352 g/mol. The lowest BCUT2D eigenvalue weighted by Crippen LogP contribution is -2.42. The fourth-order valence-corrected chi connectivity index (χ4v) is 3.15. The second kappa shape index (κ2) is 7.18. The maximum absolute atomic E-state index is 13.4. The lowest BCUT2D eigenvalue weighted by Gasteiger charge is -2.19. The first-order valence-electron chi connectivity index (χ1n) is 7.75. The third-order valence-corrected chi connectivity index (χ3v) is 4.49. The highest BCUT2D eigenvalue weighted by molar-refractivity contribution is 6.33. The van der Waals surface area contributed by atoms with Gasteiger partial charge in [0.15, 0.2) is 16.3 Å². The molecule has 2 aromatic rings. The van der Waals surface area contributed by atoms with Crippen molar-refractivity contribution in [3.05, 3.63) is 36.0 Å². The van der Waals surface area contributed by atoms with Gasteiger partial charge in [0, 0.05) is 18.0 Å². The van der Waals surface area contributed by atoms with E-state index in [4.69, 9.17) is 5.26 Å². The number of rotatable bonds is 3. The molecular formula is C17H14AlFN4O2. The number of fused-ring (bicyclic) bond motifs is 1. The molecule has 0 saturated carbocycles. The molecule has 0 aliphatic carbocycles. The van der Waals surface area contributed by atoms with E-state index in [9.17, 15) is 14.0 Å². The number of hydrogen-bond donors (Lipinski definition) is 1. The summed E-state index contributed by atoms with van der Waals surface area (Å²) in [5.41, 5.74) is 1.08. The van der Waals surface area contributed by atoms with Crippen molar-refractivity contribution in [3.63, 3.8) is 0 Å². The minimum Gasteiger partial charge on any atom is -0.343 e. The van der Waals surface area contributed by atoms with E-state index in [1.165, 1.54) is 11.1 Å². The average Bonchev–Trinajstić information content (AvgIpc) is 2.99. The number of nitrogens with zero attached hydrogens (tertiary/aromatic N) is 3. The Balaban J connectivity index is 1.71. The number of nitriles is 1. The number of carbonyl (C=O) groups is 2. The number of likely N-dealkylation sites (tertiary alicyclic amines) is 1. The van der Waals surface area contributed by atoms with Crippen LogP contribution >= 0.6 is 0 Å². The topological polar surface area (TPSA) is 86.1 Å². The van der Waals surface area contributed by atoms with Crippen molar-refractivity contribution in [2.45, 2.75) is 18.6 Å². The van der Waals surface area contributed by atoms with E-state index >= 15 is 0 Å². The Morgan fingerprint density at radius 1 is 1.44 bits per heavy atom. The minimum absolute atomic E-state index is 0.0164. The molecule has 0 bridgehead atoms. The second-order valence-corrected chi connectivity index (χ2v) is 6.51. The molecule has 6 nitrogen and oxygen atoms in total. The summed E-state index contributed by atoms with van der Waals surface area (Å²) in [5.74, 6) is -0.882. The molecule has 1 aliphatic heterocycles. The molecule has 2 radical (unpaired) electrons. The molecule has 3 rings (SSSR count). The predicted molar refractivity (Wildman–Crippen MR) is 90.1 cm³/mol. The van der Waals surface area contributed by atoms with Gasteiger partial charge in [-0.05, 0) is 6.07 Å². The molecule has 1 fully saturated rings. The van der Waals surface area contributed by atoms with Crippen molar-refractivity contribution >= 4 is 43.4 Å². The van der Waals surface area contributed by atoms with E-state index < -0.39 is 24.0 Å². The van der Waals surface area contributed by atoms with Crippen LogP contribution in [-0.4, -0.2) is 63.3 Å². The van der Waals surface area contributed by atoms with Crippen LogP contribution in [0.15, 0.2) is 30.5 Å². The number of benzene rings is 1. The van der Waals surface area contributed by atoms with Crippen LogP contribution in [0.2, 0.25) is 0 Å². The number of aromatic nitrogens is 1. The van der Waals surface area contributed by atoms with Gasteiger partial charge in [-0.1, -0.05) is 18.2 Å². The Morgan fingerprint density at radius 3 is 3.00 bits per heavy atom. The van der Waals surface area contributed by atoms with Gasteiger partial charge in [-0.3, -0.25) is 14.6 Å². The monoisotopic (exact) mass is 352 g/mol. The normalized spacial score (nSPS) is 19.6. The van der Waals surface area contributed by atoms with E-state index in [2.05, 4.69) is 26.6 Å². The fraction of sp³-hybridized carbons (Fsp3) is 0.294. The Kier molecular flexibility index (Phi) is 4.99. The Bertz CT molecular complexity index is 883. The van der Waals surface area contributed by atoms with Gasteiger partial charge in [-0.25, -0.2) is 4.39 Å². The number of amides is 2. The molecular weight excluding hydrogens is 338 g/mol. The number of hydrogen-bond acceptors (Lipinski definition) is 4. The van der Waals surface area contributed by atoms with Gasteiger partial charge in [-0.15, -0.1) is 4.43 Å². The third-order valence-electron chi connectivity index (χ3n) is 4.13. The van der Waals surface area contributed by atoms with Crippen LogP contribution in [-0.2, 0) is 4.79 Å². The predicted octanol–water partition coefficient (Wildman–Crippen LogP) is 0.221. The van der Waals surface area contributed by atoms with E-state index in [0.29, 0.717) is 16.5 Å². The first-order chi connectivity index (χ1) is 12.0. The van der Waals surface area contributed by atoms with Gasteiger partial charge < -0.3 is 10.2 Å². The van der Waals surface area contributed by atoms with Crippen molar-refractivity contribution < 1.29 is 14.0 Å². The molecule has 2 amide bonds. The Morgan fingerprint density at radius 2 is 2.24 bits per heavy atom. The maximum atomic E-state index is 13.4. The van der Waals surface area contributed by atoms with E-state index in [1.54, 1.807) is 12.1 Å². The Labute approximate surface area is 152 Å². The van der Waals surface area contributed by atoms with Crippen LogP contribution < -0.4 is 9.74 Å². The molecule has 1 aromatic heterocycles. The summed E-state index contributed by atoms with van der Waals surface area (Å²) in [7, 11) is 0. The van der Waals surface area contributed by atoms with Crippen molar-refractivity contribution in [2.75, 3.05) is 13.1 Å². The lowest BCUT2D eigenvalue weighted by molar-refractivity contribution is -0.130. The summed E-state index contributed by atoms with van der Waals surface area (Å²) in [6, 6.07) is 8.20. The van der Waals surface area contributed by atoms with Crippen LogP contribution in [0.25, 0.3) is 10.9 Å².